The zero-order valence-electron chi connectivity index (χ0n) is 19.3. The molecule has 34 heavy (non-hydrogen) atoms. The van der Waals surface area contributed by atoms with E-state index in [0.717, 1.165) is 37.1 Å². The van der Waals surface area contributed by atoms with Crippen molar-refractivity contribution in [1.82, 2.24) is 15.5 Å². The van der Waals surface area contributed by atoms with E-state index in [9.17, 15) is 14.4 Å². The van der Waals surface area contributed by atoms with Crippen LogP contribution in [0.3, 0.4) is 0 Å². The minimum absolute atomic E-state index is 0.0246. The number of amides is 3. The Kier molecular flexibility index (Phi) is 6.61. The fourth-order valence-electron chi connectivity index (χ4n) is 5.16. The summed E-state index contributed by atoms with van der Waals surface area (Å²) in [4.78, 5) is 42.2. The molecule has 2 fully saturated rings. The van der Waals surface area contributed by atoms with E-state index < -0.39 is 6.04 Å². The molecule has 3 N–H and O–H groups in total. The van der Waals surface area contributed by atoms with Crippen LogP contribution in [0.25, 0.3) is 11.1 Å². The number of benzene rings is 2. The van der Waals surface area contributed by atoms with E-state index in [-0.39, 0.29) is 29.7 Å². The summed E-state index contributed by atoms with van der Waals surface area (Å²) in [5, 5.41) is 9.39. The Morgan fingerprint density at radius 2 is 1.76 bits per heavy atom. The Balaban J connectivity index is 1.33. The highest BCUT2D eigenvalue weighted by Gasteiger charge is 2.40. The molecule has 0 saturated carbocycles. The number of fused-ring (bicyclic) bond motifs is 2. The molecule has 8 heteroatoms. The molecule has 178 valence electrons. The third-order valence-corrected chi connectivity index (χ3v) is 7.90. The molecule has 3 aliphatic heterocycles. The van der Waals surface area contributed by atoms with Crippen LogP contribution < -0.4 is 16.0 Å². The number of carbonyl (C=O) groups excluding carboxylic acids is 3. The number of hydrogen-bond acceptors (Lipinski definition) is 5. The van der Waals surface area contributed by atoms with Crippen molar-refractivity contribution < 1.29 is 14.4 Å². The van der Waals surface area contributed by atoms with Crippen LogP contribution in [0.2, 0.25) is 0 Å². The molecule has 0 radical (unpaired) electrons. The van der Waals surface area contributed by atoms with Gasteiger partial charge in [-0.3, -0.25) is 14.4 Å². The molecule has 2 atom stereocenters. The minimum Gasteiger partial charge on any atom is -0.353 e. The molecule has 0 spiro atoms. The summed E-state index contributed by atoms with van der Waals surface area (Å²) in [6, 6.07) is 13.2. The van der Waals surface area contributed by atoms with Crippen LogP contribution in [0.1, 0.15) is 36.0 Å². The fourth-order valence-corrected chi connectivity index (χ4v) is 5.56. The summed E-state index contributed by atoms with van der Waals surface area (Å²) < 4.78 is 0. The monoisotopic (exact) mass is 478 g/mol. The number of nitrogens with one attached hydrogen (secondary N) is 3. The van der Waals surface area contributed by atoms with Gasteiger partial charge in [-0.1, -0.05) is 18.2 Å². The van der Waals surface area contributed by atoms with E-state index >= 15 is 0 Å². The van der Waals surface area contributed by atoms with Gasteiger partial charge < -0.3 is 20.9 Å². The zero-order valence-corrected chi connectivity index (χ0v) is 20.1. The van der Waals surface area contributed by atoms with Gasteiger partial charge in [0, 0.05) is 23.4 Å². The number of thioether (sulfide) groups is 1. The second-order valence-corrected chi connectivity index (χ2v) is 10.1. The first-order chi connectivity index (χ1) is 16.5. The quantitative estimate of drug-likeness (QED) is 0.588. The van der Waals surface area contributed by atoms with E-state index in [1.54, 1.807) is 16.7 Å². The lowest BCUT2D eigenvalue weighted by Crippen LogP contribution is -2.55. The second kappa shape index (κ2) is 9.80. The fraction of sp³-hybridized carbons (Fsp3) is 0.423. The summed E-state index contributed by atoms with van der Waals surface area (Å²) in [7, 11) is 0. The normalized spacial score (nSPS) is 22.9. The van der Waals surface area contributed by atoms with Crippen LogP contribution in [-0.4, -0.2) is 60.6 Å². The topological polar surface area (TPSA) is 90.5 Å². The Morgan fingerprint density at radius 3 is 2.50 bits per heavy atom. The maximum Gasteiger partial charge on any atom is 0.256 e. The van der Waals surface area contributed by atoms with Gasteiger partial charge >= 0.3 is 0 Å². The molecule has 0 unspecified atom stereocenters. The first kappa shape index (κ1) is 22.9. The first-order valence-electron chi connectivity index (χ1n) is 11.9. The minimum atomic E-state index is -0.587. The third kappa shape index (κ3) is 4.57. The number of anilines is 1. The van der Waals surface area contributed by atoms with E-state index in [0.29, 0.717) is 30.6 Å². The highest BCUT2D eigenvalue weighted by Crippen LogP contribution is 2.32. The Labute approximate surface area is 204 Å². The van der Waals surface area contributed by atoms with Crippen LogP contribution in [0, 0.1) is 5.92 Å². The molecule has 2 saturated heterocycles. The van der Waals surface area contributed by atoms with E-state index in [1.165, 1.54) is 4.90 Å². The molecule has 0 aromatic heterocycles. The van der Waals surface area contributed by atoms with Gasteiger partial charge in [-0.2, -0.15) is 0 Å². The van der Waals surface area contributed by atoms with Crippen LogP contribution in [-0.2, 0) is 9.59 Å². The molecule has 5 rings (SSSR count). The molecule has 2 aromatic carbocycles. The number of rotatable bonds is 4. The predicted octanol–water partition coefficient (Wildman–Crippen LogP) is 3.12. The smallest absolute Gasteiger partial charge is 0.256 e. The molecule has 3 heterocycles. The van der Waals surface area contributed by atoms with Crippen LogP contribution in [0.4, 0.5) is 5.69 Å². The van der Waals surface area contributed by atoms with Crippen molar-refractivity contribution in [2.75, 3.05) is 31.2 Å². The lowest BCUT2D eigenvalue weighted by Gasteiger charge is -2.38. The molecule has 7 nitrogen and oxygen atoms in total. The number of hydrogen-bond donors (Lipinski definition) is 3. The van der Waals surface area contributed by atoms with Crippen molar-refractivity contribution in [3.63, 3.8) is 0 Å². The highest BCUT2D eigenvalue weighted by molar-refractivity contribution is 7.98. The largest absolute Gasteiger partial charge is 0.353 e. The van der Waals surface area contributed by atoms with Crippen molar-refractivity contribution >= 4 is 35.2 Å². The van der Waals surface area contributed by atoms with Gasteiger partial charge in [0.2, 0.25) is 11.8 Å². The van der Waals surface area contributed by atoms with Gasteiger partial charge in [0.05, 0.1) is 11.3 Å². The molecule has 2 aromatic rings. The lowest BCUT2D eigenvalue weighted by atomic mass is 9.93. The summed E-state index contributed by atoms with van der Waals surface area (Å²) >= 11 is 1.69. The van der Waals surface area contributed by atoms with Crippen molar-refractivity contribution in [3.8, 4) is 11.1 Å². The van der Waals surface area contributed by atoms with Crippen molar-refractivity contribution in [2.24, 2.45) is 5.92 Å². The maximum absolute atomic E-state index is 13.5. The average molecular weight is 479 g/mol. The summed E-state index contributed by atoms with van der Waals surface area (Å²) in [6.45, 7) is 2.16. The zero-order chi connectivity index (χ0) is 23.7. The summed E-state index contributed by atoms with van der Waals surface area (Å²) in [6.07, 6.45) is 4.80. The van der Waals surface area contributed by atoms with Crippen molar-refractivity contribution in [2.45, 2.75) is 42.7 Å². The number of piperidine rings is 2. The standard InChI is InChI=1S/C26H30N4O3S/c1-34-20-5-2-16(3-6-20)18-4-7-22-21(14-18)26(33)30-13-10-19(15-23(30)25(32)29-22)28-24(31)17-8-11-27-12-9-17/h2-7,14,17,19,23,27H,8-13,15H2,1H3,(H,28,31)(H,29,32)/t19-,23-/m0/s1. The van der Waals surface area contributed by atoms with Gasteiger partial charge in [0.25, 0.3) is 5.91 Å². The van der Waals surface area contributed by atoms with E-state index in [2.05, 4.69) is 28.1 Å². The van der Waals surface area contributed by atoms with Gasteiger partial charge in [0.15, 0.2) is 0 Å². The van der Waals surface area contributed by atoms with E-state index in [4.69, 9.17) is 0 Å². The van der Waals surface area contributed by atoms with Gasteiger partial charge in [-0.15, -0.1) is 11.8 Å². The third-order valence-electron chi connectivity index (χ3n) is 7.15. The Hall–Kier alpha value is -2.84. The van der Waals surface area contributed by atoms with E-state index in [1.807, 2.05) is 36.6 Å². The molecular weight excluding hydrogens is 448 g/mol. The van der Waals surface area contributed by atoms with Crippen LogP contribution in [0.15, 0.2) is 47.4 Å². The SMILES string of the molecule is CSc1ccc(-c2ccc3c(c2)C(=O)N2CC[C@H](NC(=O)C4CCNCC4)C[C@H]2C(=O)N3)cc1. The average Bonchev–Trinajstić information content (AvgIpc) is 2.98. The predicted molar refractivity (Wildman–Crippen MR) is 134 cm³/mol. The van der Waals surface area contributed by atoms with Crippen molar-refractivity contribution in [1.29, 1.82) is 0 Å². The van der Waals surface area contributed by atoms with Crippen molar-refractivity contribution in [3.05, 3.63) is 48.0 Å². The van der Waals surface area contributed by atoms with Crippen LogP contribution >= 0.6 is 11.8 Å². The molecule has 3 aliphatic rings. The summed E-state index contributed by atoms with van der Waals surface area (Å²) in [5.74, 6) is -0.230. The second-order valence-electron chi connectivity index (χ2n) is 9.25. The van der Waals surface area contributed by atoms with Gasteiger partial charge in [-0.25, -0.2) is 0 Å². The molecule has 0 aliphatic carbocycles. The molecule has 0 bridgehead atoms. The molecule has 3 amide bonds. The summed E-state index contributed by atoms with van der Waals surface area (Å²) in [5.41, 5.74) is 3.03. The number of carbonyl (C=O) groups is 3. The Morgan fingerprint density at radius 1 is 1.03 bits per heavy atom. The lowest BCUT2D eigenvalue weighted by molar-refractivity contribution is -0.128. The maximum atomic E-state index is 13.5. The van der Waals surface area contributed by atoms with Gasteiger partial charge in [-0.05, 0) is 80.4 Å². The highest BCUT2D eigenvalue weighted by atomic mass is 32.2. The first-order valence-corrected chi connectivity index (χ1v) is 13.2. The number of nitrogens with zero attached hydrogens (tertiary/aromatic N) is 1. The Bertz CT molecular complexity index is 1100. The van der Waals surface area contributed by atoms with Gasteiger partial charge in [0.1, 0.15) is 6.04 Å². The molecular formula is C26H30N4O3S. The van der Waals surface area contributed by atoms with Crippen LogP contribution in [0.5, 0.6) is 0 Å².